The summed E-state index contributed by atoms with van der Waals surface area (Å²) in [7, 11) is 0. The van der Waals surface area contributed by atoms with Crippen LogP contribution in [0.3, 0.4) is 0 Å². The van der Waals surface area contributed by atoms with E-state index in [0.717, 1.165) is 0 Å². The van der Waals surface area contributed by atoms with Gasteiger partial charge >= 0.3 is 5.97 Å². The Morgan fingerprint density at radius 1 is 1.37 bits per heavy atom. The number of carbonyl (C=O) groups is 2. The molecule has 102 valence electrons. The van der Waals surface area contributed by atoms with Crippen LogP contribution in [0.5, 0.6) is 0 Å². The van der Waals surface area contributed by atoms with Crippen molar-refractivity contribution in [1.29, 1.82) is 0 Å². The van der Waals surface area contributed by atoms with Crippen LogP contribution in [0.15, 0.2) is 12.1 Å². The van der Waals surface area contributed by atoms with E-state index in [2.05, 4.69) is 5.32 Å². The molecule has 0 bridgehead atoms. The molecular formula is C12H12Cl2N2O3. The minimum atomic E-state index is -1.21. The highest BCUT2D eigenvalue weighted by Crippen LogP contribution is 2.46. The predicted octanol–water partition coefficient (Wildman–Crippen LogP) is 2.37. The summed E-state index contributed by atoms with van der Waals surface area (Å²) in [6.07, 6.45) is 1.39. The van der Waals surface area contributed by atoms with E-state index in [1.807, 2.05) is 0 Å². The van der Waals surface area contributed by atoms with E-state index in [4.69, 9.17) is 34.0 Å². The number of aromatic carboxylic acids is 1. The van der Waals surface area contributed by atoms with Crippen molar-refractivity contribution in [3.8, 4) is 0 Å². The maximum Gasteiger partial charge on any atom is 0.337 e. The summed E-state index contributed by atoms with van der Waals surface area (Å²) in [4.78, 5) is 23.2. The standard InChI is InChI=1S/C12H12Cl2N2O3/c13-6-3-7(10(17)18)9(8(14)4-6)16-11(19)12(5-15)1-2-12/h3-4H,1-2,5,15H2,(H,16,19)(H,17,18). The molecule has 19 heavy (non-hydrogen) atoms. The average molecular weight is 303 g/mol. The van der Waals surface area contributed by atoms with Crippen LogP contribution < -0.4 is 11.1 Å². The van der Waals surface area contributed by atoms with Crippen molar-refractivity contribution in [2.75, 3.05) is 11.9 Å². The van der Waals surface area contributed by atoms with Crippen molar-refractivity contribution in [2.45, 2.75) is 12.8 Å². The zero-order chi connectivity index (χ0) is 14.2. The summed E-state index contributed by atoms with van der Waals surface area (Å²) >= 11 is 11.7. The number of nitrogens with one attached hydrogen (secondary N) is 1. The van der Waals surface area contributed by atoms with Gasteiger partial charge in [0.2, 0.25) is 5.91 Å². The Bertz CT molecular complexity index is 556. The Balaban J connectivity index is 2.34. The number of nitrogens with two attached hydrogens (primary N) is 1. The molecule has 5 nitrogen and oxygen atoms in total. The van der Waals surface area contributed by atoms with E-state index >= 15 is 0 Å². The van der Waals surface area contributed by atoms with Crippen molar-refractivity contribution in [3.63, 3.8) is 0 Å². The van der Waals surface area contributed by atoms with Crippen LogP contribution in [0.2, 0.25) is 10.0 Å². The lowest BCUT2D eigenvalue weighted by molar-refractivity contribution is -0.120. The summed E-state index contributed by atoms with van der Waals surface area (Å²) in [5.41, 5.74) is 4.89. The minimum Gasteiger partial charge on any atom is -0.478 e. The van der Waals surface area contributed by atoms with Gasteiger partial charge in [0.1, 0.15) is 0 Å². The summed E-state index contributed by atoms with van der Waals surface area (Å²) in [5.74, 6) is -1.51. The number of amides is 1. The van der Waals surface area contributed by atoms with E-state index in [1.165, 1.54) is 12.1 Å². The molecule has 0 aliphatic heterocycles. The largest absolute Gasteiger partial charge is 0.478 e. The number of carboxylic acid groups (broad SMARTS) is 1. The molecule has 7 heteroatoms. The second-order valence-electron chi connectivity index (χ2n) is 4.55. The maximum absolute atomic E-state index is 12.1. The van der Waals surface area contributed by atoms with Crippen LogP contribution in [-0.4, -0.2) is 23.5 Å². The molecule has 1 saturated carbocycles. The SMILES string of the molecule is NCC1(C(=O)Nc2c(Cl)cc(Cl)cc2C(=O)O)CC1. The van der Waals surface area contributed by atoms with Gasteiger partial charge in [-0.15, -0.1) is 0 Å². The van der Waals surface area contributed by atoms with Crippen molar-refractivity contribution < 1.29 is 14.7 Å². The normalized spacial score (nSPS) is 15.9. The molecule has 1 fully saturated rings. The first-order valence-corrected chi connectivity index (χ1v) is 6.39. The Kier molecular flexibility index (Phi) is 3.71. The van der Waals surface area contributed by atoms with E-state index < -0.39 is 11.4 Å². The number of hydrogen-bond donors (Lipinski definition) is 3. The smallest absolute Gasteiger partial charge is 0.337 e. The lowest BCUT2D eigenvalue weighted by atomic mass is 10.1. The molecule has 0 radical (unpaired) electrons. The molecule has 2 rings (SSSR count). The first kappa shape index (κ1) is 14.1. The second-order valence-corrected chi connectivity index (χ2v) is 5.40. The fourth-order valence-electron chi connectivity index (χ4n) is 1.79. The van der Waals surface area contributed by atoms with Gasteiger partial charge < -0.3 is 16.2 Å². The number of halogens is 2. The summed E-state index contributed by atoms with van der Waals surface area (Å²) < 4.78 is 0. The van der Waals surface area contributed by atoms with E-state index in [1.54, 1.807) is 0 Å². The Morgan fingerprint density at radius 3 is 2.47 bits per heavy atom. The average Bonchev–Trinajstić information content (AvgIpc) is 3.12. The Hall–Kier alpha value is -1.30. The highest BCUT2D eigenvalue weighted by molar-refractivity contribution is 6.37. The van der Waals surface area contributed by atoms with Gasteiger partial charge in [-0.1, -0.05) is 23.2 Å². The fourth-order valence-corrected chi connectivity index (χ4v) is 2.33. The van der Waals surface area contributed by atoms with Crippen LogP contribution in [0.1, 0.15) is 23.2 Å². The second kappa shape index (κ2) is 5.00. The van der Waals surface area contributed by atoms with Crippen LogP contribution in [0, 0.1) is 5.41 Å². The number of hydrogen-bond acceptors (Lipinski definition) is 3. The van der Waals surface area contributed by atoms with E-state index in [0.29, 0.717) is 12.8 Å². The van der Waals surface area contributed by atoms with Gasteiger partial charge in [-0.2, -0.15) is 0 Å². The topological polar surface area (TPSA) is 92.4 Å². The first-order valence-electron chi connectivity index (χ1n) is 5.63. The maximum atomic E-state index is 12.1. The monoisotopic (exact) mass is 302 g/mol. The lowest BCUT2D eigenvalue weighted by Gasteiger charge is -2.15. The van der Waals surface area contributed by atoms with Crippen LogP contribution in [0.4, 0.5) is 5.69 Å². The van der Waals surface area contributed by atoms with Crippen molar-refractivity contribution in [3.05, 3.63) is 27.7 Å². The number of carboxylic acids is 1. The number of carbonyl (C=O) groups excluding carboxylic acids is 1. The third kappa shape index (κ3) is 2.68. The molecule has 0 heterocycles. The summed E-state index contributed by atoms with van der Waals surface area (Å²) in [6.45, 7) is 0.229. The third-order valence-electron chi connectivity index (χ3n) is 3.25. The fraction of sp³-hybridized carbons (Fsp3) is 0.333. The van der Waals surface area contributed by atoms with Gasteiger partial charge in [-0.05, 0) is 25.0 Å². The molecule has 0 saturated heterocycles. The number of benzene rings is 1. The van der Waals surface area contributed by atoms with Crippen molar-refractivity contribution >= 4 is 40.8 Å². The number of rotatable bonds is 4. The quantitative estimate of drug-likeness (QED) is 0.796. The summed E-state index contributed by atoms with van der Waals surface area (Å²) in [6, 6.07) is 2.63. The molecule has 1 aromatic rings. The number of anilines is 1. The molecule has 4 N–H and O–H groups in total. The lowest BCUT2D eigenvalue weighted by Crippen LogP contribution is -2.31. The Morgan fingerprint density at radius 2 is 2.00 bits per heavy atom. The third-order valence-corrected chi connectivity index (χ3v) is 3.77. The van der Waals surface area contributed by atoms with Gasteiger partial charge in [0.05, 0.1) is 21.7 Å². The minimum absolute atomic E-state index is 0.0586. The Labute approximate surface area is 119 Å². The molecule has 0 spiro atoms. The molecule has 0 unspecified atom stereocenters. The molecule has 1 aliphatic carbocycles. The molecular weight excluding hydrogens is 291 g/mol. The highest BCUT2D eigenvalue weighted by Gasteiger charge is 2.48. The molecule has 1 amide bonds. The van der Waals surface area contributed by atoms with E-state index in [9.17, 15) is 9.59 Å². The summed E-state index contributed by atoms with van der Waals surface area (Å²) in [5, 5.41) is 11.9. The molecule has 0 aromatic heterocycles. The molecule has 1 aromatic carbocycles. The van der Waals surface area contributed by atoms with Gasteiger partial charge in [-0.25, -0.2) is 4.79 Å². The predicted molar refractivity (Wildman–Crippen MR) is 72.8 cm³/mol. The zero-order valence-electron chi connectivity index (χ0n) is 9.87. The first-order chi connectivity index (χ1) is 8.89. The van der Waals surface area contributed by atoms with Crippen molar-refractivity contribution in [2.24, 2.45) is 11.1 Å². The van der Waals surface area contributed by atoms with Gasteiger partial charge in [0.15, 0.2) is 0 Å². The van der Waals surface area contributed by atoms with Gasteiger partial charge in [0, 0.05) is 11.6 Å². The van der Waals surface area contributed by atoms with Crippen LogP contribution in [0.25, 0.3) is 0 Å². The van der Waals surface area contributed by atoms with Crippen LogP contribution in [-0.2, 0) is 4.79 Å². The van der Waals surface area contributed by atoms with Gasteiger partial charge in [-0.3, -0.25) is 4.79 Å². The van der Waals surface area contributed by atoms with E-state index in [-0.39, 0.29) is 33.7 Å². The van der Waals surface area contributed by atoms with Gasteiger partial charge in [0.25, 0.3) is 0 Å². The van der Waals surface area contributed by atoms with Crippen molar-refractivity contribution in [1.82, 2.24) is 0 Å². The zero-order valence-corrected chi connectivity index (χ0v) is 11.4. The molecule has 0 atom stereocenters. The van der Waals surface area contributed by atoms with Crippen LogP contribution >= 0.6 is 23.2 Å². The highest BCUT2D eigenvalue weighted by atomic mass is 35.5. The molecule has 1 aliphatic rings.